The first-order chi connectivity index (χ1) is 8.89. The summed E-state index contributed by atoms with van der Waals surface area (Å²) in [5.41, 5.74) is 0. The fourth-order valence-electron chi connectivity index (χ4n) is 1.31. The predicted molar refractivity (Wildman–Crippen MR) is 81.1 cm³/mol. The Balaban J connectivity index is 0. The van der Waals surface area contributed by atoms with Gasteiger partial charge >= 0.3 is 8.80 Å². The van der Waals surface area contributed by atoms with Crippen LogP contribution in [-0.4, -0.2) is 59.0 Å². The first kappa shape index (κ1) is 21.3. The van der Waals surface area contributed by atoms with Crippen LogP contribution in [0.15, 0.2) is 0 Å². The highest BCUT2D eigenvalue weighted by Crippen LogP contribution is 2.17. The van der Waals surface area contributed by atoms with Gasteiger partial charge in [0.2, 0.25) is 0 Å². The summed E-state index contributed by atoms with van der Waals surface area (Å²) < 4.78 is 16.9. The van der Waals surface area contributed by atoms with E-state index in [0.717, 1.165) is 12.5 Å². The molecule has 1 atom stereocenters. The Morgan fingerprint density at radius 3 is 1.42 bits per heavy atom. The molecule has 1 unspecified atom stereocenters. The quantitative estimate of drug-likeness (QED) is 0.522. The van der Waals surface area contributed by atoms with E-state index in [1.165, 1.54) is 0 Å². The molecular weight excluding hydrogens is 262 g/mol. The van der Waals surface area contributed by atoms with Gasteiger partial charge in [0, 0.05) is 25.9 Å². The van der Waals surface area contributed by atoms with E-state index in [1.54, 1.807) is 11.8 Å². The summed E-state index contributed by atoms with van der Waals surface area (Å²) >= 11 is 0. The van der Waals surface area contributed by atoms with Crippen molar-refractivity contribution in [2.45, 2.75) is 53.3 Å². The minimum Gasteiger partial charge on any atom is -0.379 e. The summed E-state index contributed by atoms with van der Waals surface area (Å²) in [6, 6.07) is 0.919. The van der Waals surface area contributed by atoms with Crippen molar-refractivity contribution in [1.29, 1.82) is 0 Å². The topological polar surface area (TPSA) is 51.2 Å². The van der Waals surface area contributed by atoms with E-state index in [9.17, 15) is 0 Å². The molecule has 0 aromatic rings. The van der Waals surface area contributed by atoms with Crippen LogP contribution in [0.4, 0.5) is 0 Å². The second-order valence-corrected chi connectivity index (χ2v) is 7.06. The molecule has 5 nitrogen and oxygen atoms in total. The van der Waals surface area contributed by atoms with Crippen LogP contribution in [0, 0.1) is 0 Å². The van der Waals surface area contributed by atoms with E-state index in [-0.39, 0.29) is 6.23 Å². The molecule has 0 heterocycles. The van der Waals surface area contributed by atoms with E-state index >= 15 is 0 Å². The Morgan fingerprint density at radius 2 is 1.26 bits per heavy atom. The van der Waals surface area contributed by atoms with E-state index in [2.05, 4.69) is 6.92 Å². The summed E-state index contributed by atoms with van der Waals surface area (Å²) in [6.07, 6.45) is 0.733. The number of nitrogens with zero attached hydrogens (tertiary/aromatic N) is 1. The predicted octanol–water partition coefficient (Wildman–Crippen LogP) is 2.33. The van der Waals surface area contributed by atoms with Gasteiger partial charge in [-0.05, 0) is 41.8 Å². The number of hydrogen-bond donors (Lipinski definition) is 1. The van der Waals surface area contributed by atoms with Crippen LogP contribution >= 0.6 is 0 Å². The first-order valence-corrected chi connectivity index (χ1v) is 9.08. The molecule has 0 aromatic heterocycles. The van der Waals surface area contributed by atoms with Crippen LogP contribution in [0.2, 0.25) is 6.04 Å². The van der Waals surface area contributed by atoms with Crippen molar-refractivity contribution in [2.24, 2.45) is 0 Å². The molecule has 0 fully saturated rings. The molecule has 0 saturated heterocycles. The van der Waals surface area contributed by atoms with Gasteiger partial charge in [-0.2, -0.15) is 0 Å². The van der Waals surface area contributed by atoms with Crippen molar-refractivity contribution in [3.63, 3.8) is 0 Å². The zero-order valence-corrected chi connectivity index (χ0v) is 14.7. The Bertz CT molecular complexity index is 156. The number of hydrogen-bond acceptors (Lipinski definition) is 5. The highest BCUT2D eigenvalue weighted by atomic mass is 28.4. The summed E-state index contributed by atoms with van der Waals surface area (Å²) in [5.74, 6) is 0. The van der Waals surface area contributed by atoms with Crippen molar-refractivity contribution in [1.82, 2.24) is 4.90 Å². The Morgan fingerprint density at radius 1 is 0.947 bits per heavy atom. The van der Waals surface area contributed by atoms with Crippen LogP contribution in [0.25, 0.3) is 0 Å². The monoisotopic (exact) mass is 295 g/mol. The maximum absolute atomic E-state index is 8.56. The van der Waals surface area contributed by atoms with Gasteiger partial charge in [0.15, 0.2) is 0 Å². The molecule has 0 aliphatic rings. The third-order valence-electron chi connectivity index (χ3n) is 2.40. The van der Waals surface area contributed by atoms with Gasteiger partial charge in [-0.1, -0.05) is 13.3 Å². The van der Waals surface area contributed by atoms with Crippen molar-refractivity contribution >= 4 is 8.80 Å². The Hall–Kier alpha value is 0.0169. The molecule has 6 heteroatoms. The van der Waals surface area contributed by atoms with Gasteiger partial charge < -0.3 is 18.4 Å². The fourth-order valence-corrected chi connectivity index (χ4v) is 3.92. The SMILES string of the molecule is CC(O)N(C)C.CCC[Si](OCC)(OCC)OCC. The number of aliphatic hydroxyl groups is 1. The first-order valence-electron chi connectivity index (χ1n) is 7.15. The van der Waals surface area contributed by atoms with E-state index < -0.39 is 8.80 Å². The molecule has 0 radical (unpaired) electrons. The molecule has 0 aliphatic heterocycles. The normalized spacial score (nSPS) is 13.1. The lowest BCUT2D eigenvalue weighted by Crippen LogP contribution is -2.45. The lowest BCUT2D eigenvalue weighted by Gasteiger charge is -2.27. The van der Waals surface area contributed by atoms with E-state index in [0.29, 0.717) is 19.8 Å². The standard InChI is InChI=1S/C9H22O3Si.C4H11NO/c1-5-9-13(10-6-2,11-7-3)12-8-4;1-4(6)5(2)3/h5-9H2,1-4H3;4,6H,1-3H3. The average Bonchev–Trinajstić information content (AvgIpc) is 2.31. The van der Waals surface area contributed by atoms with Gasteiger partial charge in [-0.3, -0.25) is 4.90 Å². The smallest absolute Gasteiger partial charge is 0.379 e. The van der Waals surface area contributed by atoms with Crippen molar-refractivity contribution in [3.8, 4) is 0 Å². The molecule has 0 saturated carbocycles. The largest absolute Gasteiger partial charge is 0.500 e. The summed E-state index contributed by atoms with van der Waals surface area (Å²) in [5, 5.41) is 8.56. The number of aliphatic hydroxyl groups excluding tert-OH is 1. The summed E-state index contributed by atoms with van der Waals surface area (Å²) in [7, 11) is 1.35. The van der Waals surface area contributed by atoms with E-state index in [1.807, 2.05) is 34.9 Å². The summed E-state index contributed by atoms with van der Waals surface area (Å²) in [6.45, 7) is 11.8. The van der Waals surface area contributed by atoms with E-state index in [4.69, 9.17) is 18.4 Å². The molecule has 1 N–H and O–H groups in total. The number of rotatable bonds is 9. The minimum atomic E-state index is -2.30. The van der Waals surface area contributed by atoms with Crippen LogP contribution in [-0.2, 0) is 13.3 Å². The molecule has 0 bridgehead atoms. The third kappa shape index (κ3) is 11.5. The minimum absolute atomic E-state index is 0.315. The second kappa shape index (κ2) is 13.0. The van der Waals surface area contributed by atoms with Crippen LogP contribution in [0.3, 0.4) is 0 Å². The molecular formula is C13H33NO4Si. The second-order valence-electron chi connectivity index (χ2n) is 4.33. The lowest BCUT2D eigenvalue weighted by atomic mass is 10.6. The third-order valence-corrected chi connectivity index (χ3v) is 5.69. The molecule has 118 valence electrons. The molecule has 0 aliphatic carbocycles. The highest BCUT2D eigenvalue weighted by Gasteiger charge is 2.38. The molecule has 0 spiro atoms. The maximum atomic E-state index is 8.56. The van der Waals surface area contributed by atoms with Gasteiger partial charge in [0.05, 0.1) is 0 Å². The molecule has 0 amide bonds. The van der Waals surface area contributed by atoms with Gasteiger partial charge in [0.1, 0.15) is 6.23 Å². The average molecular weight is 295 g/mol. The summed E-state index contributed by atoms with van der Waals surface area (Å²) in [4.78, 5) is 1.72. The van der Waals surface area contributed by atoms with Gasteiger partial charge in [-0.25, -0.2) is 0 Å². The van der Waals surface area contributed by atoms with Crippen molar-refractivity contribution in [2.75, 3.05) is 33.9 Å². The Kier molecular flexibility index (Phi) is 14.6. The van der Waals surface area contributed by atoms with Crippen LogP contribution < -0.4 is 0 Å². The van der Waals surface area contributed by atoms with Crippen molar-refractivity contribution < 1.29 is 18.4 Å². The van der Waals surface area contributed by atoms with Crippen molar-refractivity contribution in [3.05, 3.63) is 0 Å². The molecule has 0 aromatic carbocycles. The van der Waals surface area contributed by atoms with Crippen LogP contribution in [0.1, 0.15) is 41.0 Å². The van der Waals surface area contributed by atoms with Gasteiger partial charge in [0.25, 0.3) is 0 Å². The highest BCUT2D eigenvalue weighted by molar-refractivity contribution is 6.60. The molecule has 0 rings (SSSR count). The van der Waals surface area contributed by atoms with Gasteiger partial charge in [-0.15, -0.1) is 0 Å². The maximum Gasteiger partial charge on any atom is 0.500 e. The zero-order valence-electron chi connectivity index (χ0n) is 13.7. The Labute approximate surface area is 120 Å². The van der Waals surface area contributed by atoms with Crippen LogP contribution in [0.5, 0.6) is 0 Å². The zero-order chi connectivity index (χ0) is 15.3. The molecule has 19 heavy (non-hydrogen) atoms. The fraction of sp³-hybridized carbons (Fsp3) is 1.00. The lowest BCUT2D eigenvalue weighted by molar-refractivity contribution is 0.0578.